The van der Waals surface area contributed by atoms with E-state index >= 15 is 0 Å². The number of rotatable bonds is 8. The average molecular weight is 516 g/mol. The molecule has 0 unspecified atom stereocenters. The van der Waals surface area contributed by atoms with Crippen LogP contribution < -0.4 is 5.32 Å². The maximum atomic E-state index is 13.5. The Labute approximate surface area is 209 Å². The van der Waals surface area contributed by atoms with Gasteiger partial charge in [-0.3, -0.25) is 9.59 Å². The third-order valence-corrected chi connectivity index (χ3v) is 7.26. The summed E-state index contributed by atoms with van der Waals surface area (Å²) in [7, 11) is 0. The first-order valence-corrected chi connectivity index (χ1v) is 12.3. The predicted molar refractivity (Wildman–Crippen MR) is 132 cm³/mol. The Morgan fingerprint density at radius 3 is 2.25 bits per heavy atom. The molecular weight excluding hydrogens is 490 g/mol. The first-order valence-electron chi connectivity index (χ1n) is 10.8. The zero-order chi connectivity index (χ0) is 23.3. The number of amides is 2. The van der Waals surface area contributed by atoms with Crippen LogP contribution in [0.1, 0.15) is 50.2 Å². The van der Waals surface area contributed by atoms with Crippen LogP contribution in [-0.2, 0) is 22.6 Å². The smallest absolute Gasteiger partial charge is 0.243 e. The Morgan fingerprint density at radius 2 is 1.66 bits per heavy atom. The monoisotopic (exact) mass is 514 g/mol. The minimum absolute atomic E-state index is 0.0756. The summed E-state index contributed by atoms with van der Waals surface area (Å²) < 4.78 is 0. The molecule has 1 aliphatic rings. The van der Waals surface area contributed by atoms with Crippen LogP contribution in [0.15, 0.2) is 36.4 Å². The predicted octanol–water partition coefficient (Wildman–Crippen LogP) is 6.71. The molecule has 0 aliphatic heterocycles. The molecule has 1 fully saturated rings. The molecule has 0 aromatic heterocycles. The number of nitrogens with zero attached hydrogens (tertiary/aromatic N) is 1. The highest BCUT2D eigenvalue weighted by Gasteiger charge is 2.31. The molecule has 1 saturated carbocycles. The Bertz CT molecular complexity index is 956. The molecule has 1 atom stereocenters. The molecule has 32 heavy (non-hydrogen) atoms. The van der Waals surface area contributed by atoms with Gasteiger partial charge in [-0.25, -0.2) is 0 Å². The van der Waals surface area contributed by atoms with Crippen molar-refractivity contribution in [1.29, 1.82) is 0 Å². The lowest BCUT2D eigenvalue weighted by atomic mass is 10.1. The minimum Gasteiger partial charge on any atom is -0.352 e. The van der Waals surface area contributed by atoms with Gasteiger partial charge in [0.05, 0.1) is 16.5 Å². The maximum Gasteiger partial charge on any atom is 0.243 e. The quantitative estimate of drug-likeness (QED) is 0.424. The average Bonchev–Trinajstić information content (AvgIpc) is 3.25. The molecule has 2 aromatic rings. The van der Waals surface area contributed by atoms with Crippen LogP contribution >= 0.6 is 46.4 Å². The van der Waals surface area contributed by atoms with Gasteiger partial charge in [0, 0.05) is 28.2 Å². The van der Waals surface area contributed by atoms with E-state index in [-0.39, 0.29) is 30.8 Å². The number of carbonyl (C=O) groups is 2. The number of benzene rings is 2. The Balaban J connectivity index is 1.88. The lowest BCUT2D eigenvalue weighted by molar-refractivity contribution is -0.141. The van der Waals surface area contributed by atoms with Crippen molar-refractivity contribution in [3.63, 3.8) is 0 Å². The van der Waals surface area contributed by atoms with Crippen LogP contribution in [0, 0.1) is 0 Å². The number of hydrogen-bond donors (Lipinski definition) is 1. The summed E-state index contributed by atoms with van der Waals surface area (Å²) in [5.74, 6) is -0.363. The Hall–Kier alpha value is -1.46. The third-order valence-electron chi connectivity index (χ3n) is 5.82. The van der Waals surface area contributed by atoms with Crippen LogP contribution in [0.4, 0.5) is 0 Å². The van der Waals surface area contributed by atoms with Gasteiger partial charge in [0.2, 0.25) is 11.8 Å². The molecule has 2 aromatic carbocycles. The SMILES string of the molecule is CC[C@H](C(=O)NC1CCCC1)N(Cc1c(Cl)cccc1Cl)C(=O)Cc1ccc(Cl)c(Cl)c1. The fraction of sp³-hybridized carbons (Fsp3) is 0.417. The first-order chi connectivity index (χ1) is 15.3. The van der Waals surface area contributed by atoms with E-state index in [0.717, 1.165) is 25.7 Å². The van der Waals surface area contributed by atoms with E-state index in [0.29, 0.717) is 37.6 Å². The fourth-order valence-corrected chi connectivity index (χ4v) is 4.90. The summed E-state index contributed by atoms with van der Waals surface area (Å²) in [5, 5.41) is 4.83. The lowest BCUT2D eigenvalue weighted by Gasteiger charge is -2.32. The summed E-state index contributed by atoms with van der Waals surface area (Å²) >= 11 is 24.9. The topological polar surface area (TPSA) is 49.4 Å². The molecule has 1 N–H and O–H groups in total. The molecule has 4 nitrogen and oxygen atoms in total. The zero-order valence-corrected chi connectivity index (χ0v) is 20.9. The van der Waals surface area contributed by atoms with Gasteiger partial charge in [0.15, 0.2) is 0 Å². The molecule has 0 saturated heterocycles. The molecule has 2 amide bonds. The summed E-state index contributed by atoms with van der Waals surface area (Å²) in [6, 6.07) is 9.81. The van der Waals surface area contributed by atoms with Gasteiger partial charge in [-0.1, -0.05) is 78.3 Å². The van der Waals surface area contributed by atoms with Crippen molar-refractivity contribution in [2.24, 2.45) is 0 Å². The van der Waals surface area contributed by atoms with Crippen LogP contribution in [-0.4, -0.2) is 28.8 Å². The van der Waals surface area contributed by atoms with Crippen molar-refractivity contribution in [1.82, 2.24) is 10.2 Å². The molecule has 1 aliphatic carbocycles. The molecule has 8 heteroatoms. The second kappa shape index (κ2) is 11.6. The highest BCUT2D eigenvalue weighted by atomic mass is 35.5. The maximum absolute atomic E-state index is 13.5. The fourth-order valence-electron chi connectivity index (χ4n) is 4.07. The highest BCUT2D eigenvalue weighted by molar-refractivity contribution is 6.42. The second-order valence-corrected chi connectivity index (χ2v) is 9.69. The summed E-state index contributed by atoms with van der Waals surface area (Å²) in [5.41, 5.74) is 1.33. The van der Waals surface area contributed by atoms with E-state index in [1.165, 1.54) is 0 Å². The van der Waals surface area contributed by atoms with Crippen molar-refractivity contribution in [2.75, 3.05) is 0 Å². The van der Waals surface area contributed by atoms with Crippen LogP contribution in [0.5, 0.6) is 0 Å². The first kappa shape index (κ1) is 25.2. The second-order valence-electron chi connectivity index (χ2n) is 8.06. The van der Waals surface area contributed by atoms with E-state index in [4.69, 9.17) is 46.4 Å². The van der Waals surface area contributed by atoms with Crippen molar-refractivity contribution < 1.29 is 9.59 Å². The van der Waals surface area contributed by atoms with Gasteiger partial charge in [-0.15, -0.1) is 0 Å². The normalized spacial score (nSPS) is 14.9. The Morgan fingerprint density at radius 1 is 1.00 bits per heavy atom. The van der Waals surface area contributed by atoms with E-state index in [1.807, 2.05) is 6.92 Å². The van der Waals surface area contributed by atoms with Crippen molar-refractivity contribution >= 4 is 58.2 Å². The molecule has 3 rings (SSSR count). The zero-order valence-electron chi connectivity index (χ0n) is 17.8. The van der Waals surface area contributed by atoms with Gasteiger partial charge in [-0.05, 0) is 49.1 Å². The van der Waals surface area contributed by atoms with E-state index in [2.05, 4.69) is 5.32 Å². The van der Waals surface area contributed by atoms with Crippen LogP contribution in [0.25, 0.3) is 0 Å². The number of halogens is 4. The highest BCUT2D eigenvalue weighted by Crippen LogP contribution is 2.28. The summed E-state index contributed by atoms with van der Waals surface area (Å²) in [4.78, 5) is 28.2. The molecule has 0 bridgehead atoms. The third kappa shape index (κ3) is 6.32. The van der Waals surface area contributed by atoms with Gasteiger partial charge in [0.25, 0.3) is 0 Å². The van der Waals surface area contributed by atoms with E-state index < -0.39 is 6.04 Å². The van der Waals surface area contributed by atoms with Crippen LogP contribution in [0.3, 0.4) is 0 Å². The van der Waals surface area contributed by atoms with Gasteiger partial charge in [0.1, 0.15) is 6.04 Å². The van der Waals surface area contributed by atoms with Crippen LogP contribution in [0.2, 0.25) is 20.1 Å². The van der Waals surface area contributed by atoms with Gasteiger partial charge < -0.3 is 10.2 Å². The molecule has 172 valence electrons. The van der Waals surface area contributed by atoms with E-state index in [1.54, 1.807) is 41.3 Å². The van der Waals surface area contributed by atoms with Crippen molar-refractivity contribution in [2.45, 2.75) is 64.1 Å². The molecular formula is C24H26Cl4N2O2. The summed E-state index contributed by atoms with van der Waals surface area (Å²) in [6.07, 6.45) is 4.69. The minimum atomic E-state index is -0.641. The number of nitrogens with one attached hydrogen (secondary N) is 1. The standard InChI is InChI=1S/C24H26Cl4N2O2/c1-2-22(24(32)29-16-6-3-4-7-16)30(14-17-18(25)8-5-9-19(17)26)23(31)13-15-10-11-20(27)21(28)12-15/h5,8-12,16,22H,2-4,6-7,13-14H2,1H3,(H,29,32)/t22-/m1/s1. The summed E-state index contributed by atoms with van der Waals surface area (Å²) in [6.45, 7) is 2.03. The number of carbonyl (C=O) groups excluding carboxylic acids is 2. The van der Waals surface area contributed by atoms with Gasteiger partial charge >= 0.3 is 0 Å². The Kier molecular flexibility index (Phi) is 9.13. The van der Waals surface area contributed by atoms with Crippen molar-refractivity contribution in [3.05, 3.63) is 67.6 Å². The van der Waals surface area contributed by atoms with Crippen molar-refractivity contribution in [3.8, 4) is 0 Å². The largest absolute Gasteiger partial charge is 0.352 e. The molecule has 0 heterocycles. The van der Waals surface area contributed by atoms with E-state index in [9.17, 15) is 9.59 Å². The molecule has 0 spiro atoms. The molecule has 0 radical (unpaired) electrons. The lowest BCUT2D eigenvalue weighted by Crippen LogP contribution is -2.51. The number of hydrogen-bond acceptors (Lipinski definition) is 2. The van der Waals surface area contributed by atoms with Gasteiger partial charge in [-0.2, -0.15) is 0 Å².